The fourth-order valence-electron chi connectivity index (χ4n) is 3.04. The van der Waals surface area contributed by atoms with Crippen LogP contribution in [0.5, 0.6) is 5.75 Å². The van der Waals surface area contributed by atoms with E-state index in [1.807, 2.05) is 55.5 Å². The molecule has 0 aliphatic rings. The minimum Gasteiger partial charge on any atom is -0.492 e. The molecule has 6 nitrogen and oxygen atoms in total. The van der Waals surface area contributed by atoms with Crippen LogP contribution < -0.4 is 21.1 Å². The Bertz CT molecular complexity index is 1110. The Kier molecular flexibility index (Phi) is 4.93. The summed E-state index contributed by atoms with van der Waals surface area (Å²) in [5.74, 6) is 1.80. The minimum atomic E-state index is 0.432. The van der Waals surface area contributed by atoms with Gasteiger partial charge in [0.1, 0.15) is 17.8 Å². The number of rotatable bonds is 6. The first-order valence-corrected chi connectivity index (χ1v) is 9.10. The zero-order chi connectivity index (χ0) is 19.3. The van der Waals surface area contributed by atoms with E-state index in [0.717, 1.165) is 27.9 Å². The summed E-state index contributed by atoms with van der Waals surface area (Å²) in [5, 5.41) is 8.82. The number of aromatic nitrogens is 2. The third-order valence-electron chi connectivity index (χ3n) is 4.37. The molecule has 28 heavy (non-hydrogen) atoms. The van der Waals surface area contributed by atoms with Gasteiger partial charge < -0.3 is 21.1 Å². The molecule has 0 atom stereocenters. The van der Waals surface area contributed by atoms with Crippen molar-refractivity contribution in [2.75, 3.05) is 23.0 Å². The summed E-state index contributed by atoms with van der Waals surface area (Å²) >= 11 is 0. The molecule has 0 fully saturated rings. The lowest BCUT2D eigenvalue weighted by Crippen LogP contribution is -2.06. The summed E-state index contributed by atoms with van der Waals surface area (Å²) in [5.41, 5.74) is 8.52. The van der Waals surface area contributed by atoms with Crippen molar-refractivity contribution in [3.63, 3.8) is 0 Å². The number of nitrogen functional groups attached to an aromatic ring is 1. The van der Waals surface area contributed by atoms with Crippen molar-refractivity contribution in [1.29, 1.82) is 0 Å². The van der Waals surface area contributed by atoms with E-state index in [1.54, 1.807) is 0 Å². The highest BCUT2D eigenvalue weighted by atomic mass is 16.5. The molecule has 0 aliphatic carbocycles. The monoisotopic (exact) mass is 371 g/mol. The van der Waals surface area contributed by atoms with Crippen molar-refractivity contribution in [2.45, 2.75) is 6.92 Å². The predicted octanol–water partition coefficient (Wildman–Crippen LogP) is 5.10. The van der Waals surface area contributed by atoms with Crippen molar-refractivity contribution in [2.24, 2.45) is 0 Å². The topological polar surface area (TPSA) is 85.1 Å². The van der Waals surface area contributed by atoms with Crippen LogP contribution in [0.1, 0.15) is 6.92 Å². The molecule has 4 rings (SSSR count). The lowest BCUT2D eigenvalue weighted by molar-refractivity contribution is 0.342. The SMILES string of the molecule is CCOc1ccccc1Nc1ncnc(Nc2cccc3ccccc23)c1N. The fraction of sp³-hybridized carbons (Fsp3) is 0.0909. The zero-order valence-corrected chi connectivity index (χ0v) is 15.5. The van der Waals surface area contributed by atoms with Gasteiger partial charge >= 0.3 is 0 Å². The van der Waals surface area contributed by atoms with Gasteiger partial charge in [-0.05, 0) is 30.5 Å². The molecule has 140 valence electrons. The van der Waals surface area contributed by atoms with E-state index in [-0.39, 0.29) is 0 Å². The maximum absolute atomic E-state index is 6.36. The van der Waals surface area contributed by atoms with Crippen LogP contribution in [-0.4, -0.2) is 16.6 Å². The number of fused-ring (bicyclic) bond motifs is 1. The number of hydrogen-bond donors (Lipinski definition) is 3. The van der Waals surface area contributed by atoms with Gasteiger partial charge in [0.05, 0.1) is 12.3 Å². The maximum atomic E-state index is 6.36. The second-order valence-corrected chi connectivity index (χ2v) is 6.19. The van der Waals surface area contributed by atoms with Gasteiger partial charge in [-0.3, -0.25) is 0 Å². The fourth-order valence-corrected chi connectivity index (χ4v) is 3.04. The molecule has 0 saturated heterocycles. The summed E-state index contributed by atoms with van der Waals surface area (Å²) in [6.45, 7) is 2.52. The summed E-state index contributed by atoms with van der Waals surface area (Å²) in [6.07, 6.45) is 1.48. The normalized spacial score (nSPS) is 10.6. The number of benzene rings is 3. The molecule has 0 bridgehead atoms. The second-order valence-electron chi connectivity index (χ2n) is 6.19. The zero-order valence-electron chi connectivity index (χ0n) is 15.5. The van der Waals surface area contributed by atoms with E-state index in [9.17, 15) is 0 Å². The van der Waals surface area contributed by atoms with Gasteiger partial charge in [0.15, 0.2) is 11.6 Å². The second kappa shape index (κ2) is 7.84. The quantitative estimate of drug-likeness (QED) is 0.437. The molecular weight excluding hydrogens is 350 g/mol. The van der Waals surface area contributed by atoms with Gasteiger partial charge in [0, 0.05) is 11.1 Å². The summed E-state index contributed by atoms with van der Waals surface area (Å²) in [6, 6.07) is 21.9. The summed E-state index contributed by atoms with van der Waals surface area (Å²) in [7, 11) is 0. The van der Waals surface area contributed by atoms with Crippen LogP contribution in [0.25, 0.3) is 10.8 Å². The van der Waals surface area contributed by atoms with E-state index in [2.05, 4.69) is 38.8 Å². The van der Waals surface area contributed by atoms with Gasteiger partial charge in [0.25, 0.3) is 0 Å². The number of ether oxygens (including phenoxy) is 1. The van der Waals surface area contributed by atoms with Crippen LogP contribution in [0.15, 0.2) is 73.1 Å². The van der Waals surface area contributed by atoms with E-state index in [0.29, 0.717) is 23.9 Å². The van der Waals surface area contributed by atoms with E-state index < -0.39 is 0 Å². The molecule has 1 aromatic heterocycles. The molecule has 0 spiro atoms. The molecule has 0 amide bonds. The van der Waals surface area contributed by atoms with Crippen molar-refractivity contribution in [3.8, 4) is 5.75 Å². The van der Waals surface area contributed by atoms with Crippen LogP contribution >= 0.6 is 0 Å². The molecule has 4 N–H and O–H groups in total. The van der Waals surface area contributed by atoms with Gasteiger partial charge in [-0.2, -0.15) is 0 Å². The molecule has 0 radical (unpaired) electrons. The lowest BCUT2D eigenvalue weighted by Gasteiger charge is -2.15. The average molecular weight is 371 g/mol. The molecule has 3 aromatic carbocycles. The molecule has 6 heteroatoms. The third kappa shape index (κ3) is 3.53. The first kappa shape index (κ1) is 17.6. The van der Waals surface area contributed by atoms with Crippen molar-refractivity contribution in [1.82, 2.24) is 9.97 Å². The number of para-hydroxylation sites is 2. The highest BCUT2D eigenvalue weighted by molar-refractivity contribution is 5.96. The first-order valence-electron chi connectivity index (χ1n) is 9.10. The Morgan fingerprint density at radius 3 is 2.29 bits per heavy atom. The predicted molar refractivity (Wildman–Crippen MR) is 115 cm³/mol. The number of hydrogen-bond acceptors (Lipinski definition) is 6. The Labute approximate surface area is 163 Å². The van der Waals surface area contributed by atoms with Crippen LogP contribution in [0.4, 0.5) is 28.7 Å². The standard InChI is InChI=1S/C22H21N5O/c1-2-28-19-13-6-5-11-18(19)27-22-20(23)21(24-14-25-22)26-17-12-7-9-15-8-3-4-10-16(15)17/h3-14H,2,23H2,1H3,(H2,24,25,26,27). The van der Waals surface area contributed by atoms with E-state index in [1.165, 1.54) is 6.33 Å². The van der Waals surface area contributed by atoms with E-state index in [4.69, 9.17) is 10.5 Å². The number of anilines is 5. The van der Waals surface area contributed by atoms with Gasteiger partial charge in [-0.15, -0.1) is 0 Å². The highest BCUT2D eigenvalue weighted by Crippen LogP contribution is 2.33. The minimum absolute atomic E-state index is 0.432. The summed E-state index contributed by atoms with van der Waals surface area (Å²) in [4.78, 5) is 8.62. The Balaban J connectivity index is 1.66. The van der Waals surface area contributed by atoms with E-state index >= 15 is 0 Å². The van der Waals surface area contributed by atoms with Gasteiger partial charge in [-0.25, -0.2) is 9.97 Å². The average Bonchev–Trinajstić information content (AvgIpc) is 2.73. The molecule has 0 unspecified atom stereocenters. The van der Waals surface area contributed by atoms with Crippen LogP contribution in [0.3, 0.4) is 0 Å². The smallest absolute Gasteiger partial charge is 0.159 e. The van der Waals surface area contributed by atoms with Gasteiger partial charge in [-0.1, -0.05) is 48.5 Å². The van der Waals surface area contributed by atoms with Gasteiger partial charge in [0.2, 0.25) is 0 Å². The Morgan fingerprint density at radius 1 is 0.821 bits per heavy atom. The maximum Gasteiger partial charge on any atom is 0.159 e. The molecule has 0 aliphatic heterocycles. The van der Waals surface area contributed by atoms with Crippen molar-refractivity contribution >= 4 is 39.5 Å². The largest absolute Gasteiger partial charge is 0.492 e. The first-order chi connectivity index (χ1) is 13.8. The van der Waals surface area contributed by atoms with Crippen LogP contribution in [-0.2, 0) is 0 Å². The molecule has 1 heterocycles. The number of nitrogens with one attached hydrogen (secondary N) is 2. The van der Waals surface area contributed by atoms with Crippen molar-refractivity contribution in [3.05, 3.63) is 73.1 Å². The number of nitrogens with two attached hydrogens (primary N) is 1. The molecule has 0 saturated carbocycles. The molecular formula is C22H21N5O. The molecule has 4 aromatic rings. The Hall–Kier alpha value is -3.80. The summed E-state index contributed by atoms with van der Waals surface area (Å²) < 4.78 is 5.66. The van der Waals surface area contributed by atoms with Crippen molar-refractivity contribution < 1.29 is 4.74 Å². The van der Waals surface area contributed by atoms with Crippen LogP contribution in [0.2, 0.25) is 0 Å². The third-order valence-corrected chi connectivity index (χ3v) is 4.37. The number of nitrogens with zero attached hydrogens (tertiary/aromatic N) is 2. The van der Waals surface area contributed by atoms with Crippen LogP contribution in [0, 0.1) is 0 Å². The lowest BCUT2D eigenvalue weighted by atomic mass is 10.1. The Morgan fingerprint density at radius 2 is 1.46 bits per heavy atom. The highest BCUT2D eigenvalue weighted by Gasteiger charge is 2.12.